The summed E-state index contributed by atoms with van der Waals surface area (Å²) in [5.74, 6) is -0.772. The molecular weight excluding hydrogens is 331 g/mol. The second kappa shape index (κ2) is 6.20. The van der Waals surface area contributed by atoms with Crippen LogP contribution in [-0.4, -0.2) is 27.2 Å². The molecule has 1 aliphatic rings. The fraction of sp³-hybridized carbons (Fsp3) is 0.167. The van der Waals surface area contributed by atoms with E-state index in [0.29, 0.717) is 35.3 Å². The van der Waals surface area contributed by atoms with E-state index in [0.717, 1.165) is 6.26 Å². The van der Waals surface area contributed by atoms with Gasteiger partial charge in [0.1, 0.15) is 5.82 Å². The Balaban J connectivity index is 2.16. The molecule has 0 unspecified atom stereocenters. The molecule has 24 heavy (non-hydrogen) atoms. The molecule has 2 aromatic carbocycles. The number of hydrogen-bond donors (Lipinski definition) is 0. The van der Waals surface area contributed by atoms with Crippen molar-refractivity contribution in [2.24, 2.45) is 0 Å². The smallest absolute Gasteiger partial charge is 0.334 e. The number of esters is 1. The summed E-state index contributed by atoms with van der Waals surface area (Å²) in [4.78, 5) is 12.2. The van der Waals surface area contributed by atoms with Crippen molar-refractivity contribution in [2.75, 3.05) is 12.9 Å². The van der Waals surface area contributed by atoms with Crippen molar-refractivity contribution in [1.29, 1.82) is 0 Å². The molecule has 0 aliphatic carbocycles. The van der Waals surface area contributed by atoms with E-state index in [1.165, 1.54) is 24.3 Å². The topological polar surface area (TPSA) is 60.4 Å². The molecule has 0 N–H and O–H groups in total. The van der Waals surface area contributed by atoms with Crippen molar-refractivity contribution in [3.8, 4) is 0 Å². The van der Waals surface area contributed by atoms with E-state index >= 15 is 0 Å². The van der Waals surface area contributed by atoms with E-state index in [1.54, 1.807) is 24.3 Å². The van der Waals surface area contributed by atoms with Gasteiger partial charge in [-0.25, -0.2) is 17.6 Å². The Hall–Kier alpha value is -2.47. The van der Waals surface area contributed by atoms with Crippen molar-refractivity contribution < 1.29 is 22.3 Å². The van der Waals surface area contributed by atoms with Crippen LogP contribution in [0.2, 0.25) is 0 Å². The standard InChI is InChI=1S/C18H15FO4S/c1-24(21,22)15-8-4-13(5-9-15)17(16-10-11-23-18(16)20)12-2-6-14(19)7-3-12/h2-9H,10-11H2,1H3/b17-16+. The van der Waals surface area contributed by atoms with Crippen LogP contribution in [0.4, 0.5) is 4.39 Å². The second-order valence-electron chi connectivity index (χ2n) is 5.54. The van der Waals surface area contributed by atoms with Gasteiger partial charge in [0.2, 0.25) is 0 Å². The zero-order chi connectivity index (χ0) is 17.3. The molecule has 6 heteroatoms. The Morgan fingerprint density at radius 3 is 2.00 bits per heavy atom. The summed E-state index contributed by atoms with van der Waals surface area (Å²) in [6, 6.07) is 12.1. The van der Waals surface area contributed by atoms with Crippen LogP contribution >= 0.6 is 0 Å². The van der Waals surface area contributed by atoms with Crippen LogP contribution in [0.15, 0.2) is 59.0 Å². The van der Waals surface area contributed by atoms with E-state index in [2.05, 4.69) is 0 Å². The van der Waals surface area contributed by atoms with E-state index in [9.17, 15) is 17.6 Å². The average molecular weight is 346 g/mol. The lowest BCUT2D eigenvalue weighted by molar-refractivity contribution is -0.135. The predicted octanol–water partition coefficient (Wildman–Crippen LogP) is 2.98. The lowest BCUT2D eigenvalue weighted by Gasteiger charge is -2.11. The molecule has 2 aromatic rings. The fourth-order valence-electron chi connectivity index (χ4n) is 2.66. The third-order valence-corrected chi connectivity index (χ3v) is 4.97. The first-order chi connectivity index (χ1) is 11.4. The summed E-state index contributed by atoms with van der Waals surface area (Å²) in [6.45, 7) is 0.306. The number of carbonyl (C=O) groups excluding carboxylic acids is 1. The molecule has 0 atom stereocenters. The lowest BCUT2D eigenvalue weighted by atomic mass is 9.92. The Labute approximate surface area is 139 Å². The number of cyclic esters (lactones) is 1. The number of ether oxygens (including phenoxy) is 1. The van der Waals surface area contributed by atoms with Gasteiger partial charge in [-0.05, 0) is 41.0 Å². The minimum Gasteiger partial charge on any atom is -0.462 e. The van der Waals surface area contributed by atoms with Crippen LogP contribution in [0.5, 0.6) is 0 Å². The number of benzene rings is 2. The molecule has 124 valence electrons. The maximum absolute atomic E-state index is 13.2. The van der Waals surface area contributed by atoms with E-state index in [-0.39, 0.29) is 10.7 Å². The molecule has 0 radical (unpaired) electrons. The zero-order valence-corrected chi connectivity index (χ0v) is 13.8. The van der Waals surface area contributed by atoms with Crippen LogP contribution in [0.3, 0.4) is 0 Å². The monoisotopic (exact) mass is 346 g/mol. The maximum Gasteiger partial charge on any atom is 0.334 e. The average Bonchev–Trinajstić information content (AvgIpc) is 2.95. The molecule has 1 aliphatic heterocycles. The van der Waals surface area contributed by atoms with Crippen LogP contribution in [0.25, 0.3) is 5.57 Å². The van der Waals surface area contributed by atoms with Gasteiger partial charge in [0.15, 0.2) is 9.84 Å². The second-order valence-corrected chi connectivity index (χ2v) is 7.56. The number of sulfone groups is 1. The number of halogens is 1. The van der Waals surface area contributed by atoms with Crippen molar-refractivity contribution in [1.82, 2.24) is 0 Å². The number of carbonyl (C=O) groups is 1. The Morgan fingerprint density at radius 2 is 1.54 bits per heavy atom. The van der Waals surface area contributed by atoms with Gasteiger partial charge in [0, 0.05) is 18.2 Å². The summed E-state index contributed by atoms with van der Waals surface area (Å²) >= 11 is 0. The zero-order valence-electron chi connectivity index (χ0n) is 13.0. The van der Waals surface area contributed by atoms with Gasteiger partial charge < -0.3 is 4.74 Å². The molecule has 0 spiro atoms. The predicted molar refractivity (Wildman–Crippen MR) is 87.5 cm³/mol. The quantitative estimate of drug-likeness (QED) is 0.633. The highest BCUT2D eigenvalue weighted by Crippen LogP contribution is 2.32. The van der Waals surface area contributed by atoms with Gasteiger partial charge in [-0.15, -0.1) is 0 Å². The van der Waals surface area contributed by atoms with Gasteiger partial charge in [-0.3, -0.25) is 0 Å². The molecule has 0 bridgehead atoms. The van der Waals surface area contributed by atoms with Crippen LogP contribution in [0, 0.1) is 5.82 Å². The summed E-state index contributed by atoms with van der Waals surface area (Å²) < 4.78 is 41.4. The minimum atomic E-state index is -3.30. The maximum atomic E-state index is 13.2. The van der Waals surface area contributed by atoms with Crippen molar-refractivity contribution in [2.45, 2.75) is 11.3 Å². The molecule has 1 heterocycles. The normalized spacial score (nSPS) is 16.8. The summed E-state index contributed by atoms with van der Waals surface area (Å²) in [6.07, 6.45) is 1.59. The summed E-state index contributed by atoms with van der Waals surface area (Å²) in [5.41, 5.74) is 2.51. The van der Waals surface area contributed by atoms with Gasteiger partial charge in [0.25, 0.3) is 0 Å². The van der Waals surface area contributed by atoms with Crippen molar-refractivity contribution in [3.63, 3.8) is 0 Å². The number of hydrogen-bond acceptors (Lipinski definition) is 4. The largest absolute Gasteiger partial charge is 0.462 e. The molecule has 1 fully saturated rings. The first kappa shape index (κ1) is 16.4. The highest BCUT2D eigenvalue weighted by Gasteiger charge is 2.25. The Bertz CT molecular complexity index is 910. The Morgan fingerprint density at radius 1 is 1.00 bits per heavy atom. The molecule has 3 rings (SSSR count). The summed E-state index contributed by atoms with van der Waals surface area (Å²) in [5, 5.41) is 0. The fourth-order valence-corrected chi connectivity index (χ4v) is 3.29. The molecule has 1 saturated heterocycles. The van der Waals surface area contributed by atoms with Gasteiger partial charge in [-0.1, -0.05) is 24.3 Å². The molecule has 0 saturated carbocycles. The first-order valence-electron chi connectivity index (χ1n) is 7.33. The highest BCUT2D eigenvalue weighted by atomic mass is 32.2. The lowest BCUT2D eigenvalue weighted by Crippen LogP contribution is -2.02. The molecule has 0 aromatic heterocycles. The molecule has 4 nitrogen and oxygen atoms in total. The molecule has 0 amide bonds. The van der Waals surface area contributed by atoms with Crippen molar-refractivity contribution in [3.05, 3.63) is 71.0 Å². The van der Waals surface area contributed by atoms with Crippen molar-refractivity contribution >= 4 is 21.4 Å². The third-order valence-electron chi connectivity index (χ3n) is 3.84. The van der Waals surface area contributed by atoms with E-state index in [1.807, 2.05) is 0 Å². The van der Waals surface area contributed by atoms with Gasteiger partial charge in [-0.2, -0.15) is 0 Å². The highest BCUT2D eigenvalue weighted by molar-refractivity contribution is 7.90. The van der Waals surface area contributed by atoms with E-state index < -0.39 is 15.8 Å². The van der Waals surface area contributed by atoms with E-state index in [4.69, 9.17) is 4.74 Å². The SMILES string of the molecule is CS(=O)(=O)c1ccc(/C(=C2\CCOC2=O)c2ccc(F)cc2)cc1. The van der Waals surface area contributed by atoms with Gasteiger partial charge >= 0.3 is 5.97 Å². The molecular formula is C18H15FO4S. The first-order valence-corrected chi connectivity index (χ1v) is 9.22. The third kappa shape index (κ3) is 3.23. The number of rotatable bonds is 3. The Kier molecular flexibility index (Phi) is 4.24. The van der Waals surface area contributed by atoms with Crippen LogP contribution in [0.1, 0.15) is 17.5 Å². The minimum absolute atomic E-state index is 0.198. The van der Waals surface area contributed by atoms with Gasteiger partial charge in [0.05, 0.1) is 11.5 Å². The summed E-state index contributed by atoms with van der Waals surface area (Å²) in [7, 11) is -3.30. The van der Waals surface area contributed by atoms with Crippen LogP contribution in [-0.2, 0) is 19.4 Å². The van der Waals surface area contributed by atoms with Crippen LogP contribution < -0.4 is 0 Å².